The standard InChI is InChI=1S/C33H20N8.Cu/c1-41-32-24-16-8-9-17-25(24)33(41)40-31-23-15-7-5-13-21(23)29(38-31)36-27-19-11-3-2-10-18(19)26(34-27)35-28-20-12-4-6-14-22(20)30(37-28)39-32;/h2-17,28,35H,1H2;/q-2;+2/b36-29-,39-32?,40-33?;. The van der Waals surface area contributed by atoms with Gasteiger partial charge >= 0.3 is 17.1 Å². The topological polar surface area (TPSA) is 92.9 Å². The third kappa shape index (κ3) is 3.48. The van der Waals surface area contributed by atoms with Crippen molar-refractivity contribution in [3.63, 3.8) is 0 Å². The van der Waals surface area contributed by atoms with Crippen LogP contribution in [0.3, 0.4) is 0 Å². The van der Waals surface area contributed by atoms with Crippen LogP contribution in [0.4, 0.5) is 11.6 Å². The van der Waals surface area contributed by atoms with Crippen molar-refractivity contribution in [2.24, 2.45) is 25.0 Å². The first kappa shape index (κ1) is 24.5. The van der Waals surface area contributed by atoms with E-state index in [0.29, 0.717) is 40.1 Å². The summed E-state index contributed by atoms with van der Waals surface area (Å²) in [5, 5.41) is 7.36. The molecule has 1 radical (unpaired) electrons. The van der Waals surface area contributed by atoms with E-state index in [1.54, 1.807) is 4.57 Å². The maximum absolute atomic E-state index is 5.10. The molecule has 9 rings (SSSR count). The zero-order valence-electron chi connectivity index (χ0n) is 22.0. The van der Waals surface area contributed by atoms with E-state index in [1.807, 2.05) is 84.9 Å². The first-order valence-electron chi connectivity index (χ1n) is 13.4. The first-order valence-corrected chi connectivity index (χ1v) is 13.4. The van der Waals surface area contributed by atoms with Gasteiger partial charge in [0.15, 0.2) is 0 Å². The minimum Gasteiger partial charge on any atom is -0.451 e. The quantitative estimate of drug-likeness (QED) is 0.198. The molecule has 42 heavy (non-hydrogen) atoms. The second-order valence-corrected chi connectivity index (χ2v) is 10.2. The number of rotatable bonds is 0. The molecule has 8 bridgehead atoms. The third-order valence-electron chi connectivity index (χ3n) is 7.84. The van der Waals surface area contributed by atoms with Gasteiger partial charge in [-0.1, -0.05) is 97.1 Å². The van der Waals surface area contributed by atoms with Gasteiger partial charge < -0.3 is 19.9 Å². The molecule has 2 aromatic heterocycles. The van der Waals surface area contributed by atoms with Crippen LogP contribution in [-0.2, 0) is 17.1 Å². The van der Waals surface area contributed by atoms with E-state index >= 15 is 0 Å². The Balaban J connectivity index is 0.00000267. The second-order valence-electron chi connectivity index (χ2n) is 10.2. The van der Waals surface area contributed by atoms with Crippen molar-refractivity contribution in [2.45, 2.75) is 6.17 Å². The van der Waals surface area contributed by atoms with E-state index in [1.165, 1.54) is 0 Å². The number of aliphatic imine (C=N–C) groups is 3. The summed E-state index contributed by atoms with van der Waals surface area (Å²) in [6.07, 6.45) is -0.364. The van der Waals surface area contributed by atoms with Gasteiger partial charge in [-0.2, -0.15) is 0 Å². The van der Waals surface area contributed by atoms with Crippen LogP contribution in [0.15, 0.2) is 122 Å². The van der Waals surface area contributed by atoms with Crippen molar-refractivity contribution in [2.75, 3.05) is 5.32 Å². The molecular formula is C33H20CuN8. The Kier molecular flexibility index (Phi) is 5.34. The van der Waals surface area contributed by atoms with Gasteiger partial charge in [0.1, 0.15) is 17.8 Å². The predicted octanol–water partition coefficient (Wildman–Crippen LogP) is 5.05. The van der Waals surface area contributed by atoms with Crippen LogP contribution < -0.4 is 21.3 Å². The minimum atomic E-state index is -0.364. The van der Waals surface area contributed by atoms with Crippen molar-refractivity contribution < 1.29 is 17.1 Å². The fraction of sp³-hybridized carbons (Fsp3) is 0.0303. The minimum absolute atomic E-state index is 0. The number of anilines is 1. The number of hydrogen-bond donors (Lipinski definition) is 1. The van der Waals surface area contributed by atoms with Crippen molar-refractivity contribution >= 4 is 50.7 Å². The summed E-state index contributed by atoms with van der Waals surface area (Å²) < 4.78 is 1.78. The monoisotopic (exact) mass is 591 g/mol. The van der Waals surface area contributed by atoms with E-state index in [0.717, 1.165) is 43.8 Å². The molecule has 0 aliphatic carbocycles. The zero-order chi connectivity index (χ0) is 27.1. The van der Waals surface area contributed by atoms with Gasteiger partial charge in [0, 0.05) is 39.3 Å². The molecule has 1 unspecified atom stereocenters. The zero-order valence-corrected chi connectivity index (χ0v) is 22.9. The van der Waals surface area contributed by atoms with Gasteiger partial charge in [-0.25, -0.2) is 4.99 Å². The molecule has 1 N–H and O–H groups in total. The largest absolute Gasteiger partial charge is 2.00 e. The van der Waals surface area contributed by atoms with Gasteiger partial charge in [0.05, 0.1) is 5.84 Å². The molecule has 0 saturated heterocycles. The number of aromatic nitrogens is 2. The van der Waals surface area contributed by atoms with Crippen LogP contribution in [-0.4, -0.2) is 22.1 Å². The number of nitrogens with zero attached hydrogens (tertiary/aromatic N) is 7. The molecular weight excluding hydrogens is 572 g/mol. The summed E-state index contributed by atoms with van der Waals surface area (Å²) in [7, 11) is 4.37. The summed E-state index contributed by atoms with van der Waals surface area (Å²) in [5.74, 6) is 3.08. The van der Waals surface area contributed by atoms with Crippen molar-refractivity contribution in [1.29, 1.82) is 0 Å². The number of hydrogen-bond acceptors (Lipinski definition) is 6. The average molecular weight is 592 g/mol. The summed E-state index contributed by atoms with van der Waals surface area (Å²) in [4.78, 5) is 30.1. The van der Waals surface area contributed by atoms with Crippen LogP contribution >= 0.6 is 0 Å². The van der Waals surface area contributed by atoms with Gasteiger partial charge in [0.2, 0.25) is 0 Å². The molecule has 203 valence electrons. The normalized spacial score (nSPS) is 17.5. The van der Waals surface area contributed by atoms with E-state index in [4.69, 9.17) is 29.9 Å². The van der Waals surface area contributed by atoms with Crippen molar-refractivity contribution in [3.05, 3.63) is 137 Å². The molecule has 6 aromatic rings. The molecule has 9 heteroatoms. The van der Waals surface area contributed by atoms with Crippen LogP contribution in [0.1, 0.15) is 28.4 Å². The maximum Gasteiger partial charge on any atom is 2.00 e. The summed E-state index contributed by atoms with van der Waals surface area (Å²) in [6.45, 7) is 0. The first-order chi connectivity index (χ1) is 20.2. The van der Waals surface area contributed by atoms with Crippen LogP contribution in [0.25, 0.3) is 21.5 Å². The van der Waals surface area contributed by atoms with Gasteiger partial charge in [0.25, 0.3) is 0 Å². The van der Waals surface area contributed by atoms with Gasteiger partial charge in [-0.15, -0.1) is 7.05 Å². The fourth-order valence-corrected chi connectivity index (χ4v) is 5.91. The molecule has 3 aliphatic heterocycles. The summed E-state index contributed by atoms with van der Waals surface area (Å²) in [5.41, 5.74) is 5.16. The van der Waals surface area contributed by atoms with E-state index in [9.17, 15) is 0 Å². The molecule has 3 aliphatic rings. The Bertz CT molecular complexity index is 2320. The summed E-state index contributed by atoms with van der Waals surface area (Å²) >= 11 is 0. The van der Waals surface area contributed by atoms with E-state index < -0.39 is 0 Å². The molecule has 0 fully saturated rings. The third-order valence-corrected chi connectivity index (χ3v) is 7.84. The van der Waals surface area contributed by atoms with Gasteiger partial charge in [-0.3, -0.25) is 15.0 Å². The second kappa shape index (κ2) is 9.14. The Hall–Kier alpha value is -5.24. The SMILES string of the molecule is [CH2-]n1c2c3ccccc3c1=NC1=NC(Nc3[n-]c(c4ccccc34)/N=C3\N=C(N=2)c2ccccc23)c2ccccc21.[Cu+2]. The Morgan fingerprint density at radius 2 is 1.14 bits per heavy atom. The Morgan fingerprint density at radius 3 is 1.86 bits per heavy atom. The predicted molar refractivity (Wildman–Crippen MR) is 161 cm³/mol. The number of benzene rings is 4. The smallest absolute Gasteiger partial charge is 0.451 e. The Morgan fingerprint density at radius 1 is 0.595 bits per heavy atom. The van der Waals surface area contributed by atoms with Gasteiger partial charge in [-0.05, 0) is 27.1 Å². The molecule has 1 atom stereocenters. The fourth-order valence-electron chi connectivity index (χ4n) is 5.91. The number of fused-ring (bicyclic) bond motifs is 18. The molecule has 8 nitrogen and oxygen atoms in total. The molecule has 4 aromatic carbocycles. The van der Waals surface area contributed by atoms with E-state index in [2.05, 4.69) is 24.5 Å². The average Bonchev–Trinajstić information content (AvgIpc) is 3.72. The number of amidine groups is 3. The molecule has 0 spiro atoms. The maximum atomic E-state index is 5.10. The molecule has 0 saturated carbocycles. The summed E-state index contributed by atoms with van der Waals surface area (Å²) in [6, 6.07) is 32.3. The van der Waals surface area contributed by atoms with Crippen LogP contribution in [0, 0.1) is 7.05 Å². The van der Waals surface area contributed by atoms with Crippen molar-refractivity contribution in [3.8, 4) is 0 Å². The Labute approximate surface area is 250 Å². The van der Waals surface area contributed by atoms with Crippen molar-refractivity contribution in [1.82, 2.24) is 9.55 Å². The van der Waals surface area contributed by atoms with Crippen LogP contribution in [0.5, 0.6) is 0 Å². The molecule has 5 heterocycles. The number of nitrogens with one attached hydrogen (secondary N) is 1. The van der Waals surface area contributed by atoms with Crippen LogP contribution in [0.2, 0.25) is 0 Å². The van der Waals surface area contributed by atoms with E-state index in [-0.39, 0.29) is 23.2 Å². The molecule has 0 amide bonds.